The van der Waals surface area contributed by atoms with Gasteiger partial charge in [0.1, 0.15) is 0 Å². The SMILES string of the molecule is CCCNCC(O)CN1CC(C)CC1=O. The Hall–Kier alpha value is -0.610. The maximum Gasteiger partial charge on any atom is 0.223 e. The van der Waals surface area contributed by atoms with Gasteiger partial charge in [0.25, 0.3) is 0 Å². The molecule has 0 spiro atoms. The largest absolute Gasteiger partial charge is 0.390 e. The van der Waals surface area contributed by atoms with Gasteiger partial charge in [-0.25, -0.2) is 0 Å². The van der Waals surface area contributed by atoms with Crippen molar-refractivity contribution in [2.24, 2.45) is 5.92 Å². The van der Waals surface area contributed by atoms with Gasteiger partial charge in [-0.1, -0.05) is 13.8 Å². The molecule has 0 aromatic heterocycles. The minimum Gasteiger partial charge on any atom is -0.390 e. The zero-order valence-electron chi connectivity index (χ0n) is 9.70. The first-order valence-corrected chi connectivity index (χ1v) is 5.80. The van der Waals surface area contributed by atoms with E-state index in [1.165, 1.54) is 0 Å². The van der Waals surface area contributed by atoms with Crippen molar-refractivity contribution >= 4 is 5.91 Å². The molecule has 1 aliphatic rings. The predicted molar refractivity (Wildman–Crippen MR) is 59.5 cm³/mol. The zero-order valence-corrected chi connectivity index (χ0v) is 9.70. The van der Waals surface area contributed by atoms with Crippen molar-refractivity contribution in [1.82, 2.24) is 10.2 Å². The van der Waals surface area contributed by atoms with Crippen LogP contribution in [0, 0.1) is 5.92 Å². The summed E-state index contributed by atoms with van der Waals surface area (Å²) in [5.74, 6) is 0.616. The molecule has 0 aromatic carbocycles. The molecule has 0 saturated carbocycles. The van der Waals surface area contributed by atoms with E-state index in [9.17, 15) is 9.90 Å². The van der Waals surface area contributed by atoms with Gasteiger partial charge in [0, 0.05) is 26.1 Å². The highest BCUT2D eigenvalue weighted by Gasteiger charge is 2.27. The van der Waals surface area contributed by atoms with Crippen molar-refractivity contribution in [3.63, 3.8) is 0 Å². The molecule has 4 heteroatoms. The summed E-state index contributed by atoms with van der Waals surface area (Å²) in [6.07, 6.45) is 1.26. The number of carbonyl (C=O) groups excluding carboxylic acids is 1. The molecule has 1 fully saturated rings. The Morgan fingerprint density at radius 3 is 2.93 bits per heavy atom. The van der Waals surface area contributed by atoms with Gasteiger partial charge in [0.15, 0.2) is 0 Å². The summed E-state index contributed by atoms with van der Waals surface area (Å²) in [6.45, 7) is 6.92. The summed E-state index contributed by atoms with van der Waals surface area (Å²) in [5, 5.41) is 12.8. The van der Waals surface area contributed by atoms with Crippen molar-refractivity contribution in [3.05, 3.63) is 0 Å². The number of likely N-dealkylation sites (tertiary alicyclic amines) is 1. The van der Waals surface area contributed by atoms with Gasteiger partial charge in [-0.15, -0.1) is 0 Å². The monoisotopic (exact) mass is 214 g/mol. The van der Waals surface area contributed by atoms with Crippen LogP contribution < -0.4 is 5.32 Å². The van der Waals surface area contributed by atoms with Gasteiger partial charge in [-0.3, -0.25) is 4.79 Å². The molecule has 1 amide bonds. The highest BCUT2D eigenvalue weighted by Crippen LogP contribution is 2.16. The molecule has 2 N–H and O–H groups in total. The van der Waals surface area contributed by atoms with Crippen LogP contribution in [0.1, 0.15) is 26.7 Å². The third kappa shape index (κ3) is 4.18. The number of amides is 1. The number of rotatable bonds is 6. The fraction of sp³-hybridized carbons (Fsp3) is 0.909. The number of β-amino-alcohol motifs (C(OH)–C–C–N with tert-alkyl or cyclic N) is 1. The third-order valence-corrected chi connectivity index (χ3v) is 2.65. The molecule has 1 saturated heterocycles. The fourth-order valence-electron chi connectivity index (χ4n) is 1.91. The molecule has 1 aliphatic heterocycles. The van der Waals surface area contributed by atoms with Crippen LogP contribution in [0.4, 0.5) is 0 Å². The summed E-state index contributed by atoms with van der Waals surface area (Å²) in [7, 11) is 0. The Balaban J connectivity index is 2.19. The molecular formula is C11H22N2O2. The smallest absolute Gasteiger partial charge is 0.223 e. The number of aliphatic hydroxyl groups is 1. The summed E-state index contributed by atoms with van der Waals surface area (Å²) in [4.78, 5) is 13.2. The molecule has 1 heterocycles. The second kappa shape index (κ2) is 6.08. The Labute approximate surface area is 91.6 Å². The van der Waals surface area contributed by atoms with Crippen molar-refractivity contribution in [3.8, 4) is 0 Å². The molecule has 0 bridgehead atoms. The maximum absolute atomic E-state index is 11.4. The van der Waals surface area contributed by atoms with Crippen molar-refractivity contribution in [2.45, 2.75) is 32.8 Å². The number of carbonyl (C=O) groups is 1. The van der Waals surface area contributed by atoms with Gasteiger partial charge in [0.05, 0.1) is 6.10 Å². The summed E-state index contributed by atoms with van der Waals surface area (Å²) in [6, 6.07) is 0. The normalized spacial score (nSPS) is 23.5. The molecule has 4 nitrogen and oxygen atoms in total. The van der Waals surface area contributed by atoms with Crippen LogP contribution in [-0.4, -0.2) is 48.2 Å². The first-order valence-electron chi connectivity index (χ1n) is 5.80. The molecule has 1 rings (SSSR count). The number of nitrogens with one attached hydrogen (secondary N) is 1. The van der Waals surface area contributed by atoms with Crippen molar-refractivity contribution in [2.75, 3.05) is 26.2 Å². The van der Waals surface area contributed by atoms with E-state index in [0.717, 1.165) is 19.5 Å². The van der Waals surface area contributed by atoms with Crippen LogP contribution in [0.2, 0.25) is 0 Å². The highest BCUT2D eigenvalue weighted by atomic mass is 16.3. The lowest BCUT2D eigenvalue weighted by Gasteiger charge is -2.20. The van der Waals surface area contributed by atoms with Gasteiger partial charge in [-0.05, 0) is 18.9 Å². The van der Waals surface area contributed by atoms with E-state index in [0.29, 0.717) is 25.4 Å². The van der Waals surface area contributed by atoms with Crippen LogP contribution in [0.5, 0.6) is 0 Å². The Morgan fingerprint density at radius 2 is 2.40 bits per heavy atom. The molecule has 0 radical (unpaired) electrons. The van der Waals surface area contributed by atoms with Crippen LogP contribution in [0.3, 0.4) is 0 Å². The quantitative estimate of drug-likeness (QED) is 0.622. The molecular weight excluding hydrogens is 192 g/mol. The molecule has 2 unspecified atom stereocenters. The molecule has 2 atom stereocenters. The Morgan fingerprint density at radius 1 is 1.67 bits per heavy atom. The predicted octanol–water partition coefficient (Wildman–Crippen LogP) is 0.215. The molecule has 88 valence electrons. The van der Waals surface area contributed by atoms with E-state index in [4.69, 9.17) is 0 Å². The minimum atomic E-state index is -0.439. The van der Waals surface area contributed by atoms with E-state index in [1.54, 1.807) is 4.90 Å². The van der Waals surface area contributed by atoms with Crippen molar-refractivity contribution in [1.29, 1.82) is 0 Å². The fourth-order valence-corrected chi connectivity index (χ4v) is 1.91. The lowest BCUT2D eigenvalue weighted by atomic mass is 10.2. The number of nitrogens with zero attached hydrogens (tertiary/aromatic N) is 1. The van der Waals surface area contributed by atoms with Gasteiger partial charge in [-0.2, -0.15) is 0 Å². The standard InChI is InChI=1S/C11H22N2O2/c1-3-4-12-6-10(14)8-13-7-9(2)5-11(13)15/h9-10,12,14H,3-8H2,1-2H3. The topological polar surface area (TPSA) is 52.6 Å². The van der Waals surface area contributed by atoms with Gasteiger partial charge < -0.3 is 15.3 Å². The lowest BCUT2D eigenvalue weighted by Crippen LogP contribution is -2.39. The number of hydrogen-bond donors (Lipinski definition) is 2. The molecule has 0 aliphatic carbocycles. The summed E-state index contributed by atoms with van der Waals surface area (Å²) < 4.78 is 0. The summed E-state index contributed by atoms with van der Waals surface area (Å²) >= 11 is 0. The third-order valence-electron chi connectivity index (χ3n) is 2.65. The average molecular weight is 214 g/mol. The van der Waals surface area contributed by atoms with Crippen LogP contribution in [0.15, 0.2) is 0 Å². The molecule has 15 heavy (non-hydrogen) atoms. The van der Waals surface area contributed by atoms with Crippen molar-refractivity contribution < 1.29 is 9.90 Å². The van der Waals surface area contributed by atoms with Crippen LogP contribution in [0.25, 0.3) is 0 Å². The van der Waals surface area contributed by atoms with E-state index >= 15 is 0 Å². The minimum absolute atomic E-state index is 0.178. The first kappa shape index (κ1) is 12.5. The lowest BCUT2D eigenvalue weighted by molar-refractivity contribution is -0.128. The van der Waals surface area contributed by atoms with Crippen LogP contribution >= 0.6 is 0 Å². The van der Waals surface area contributed by atoms with E-state index < -0.39 is 6.10 Å². The second-order valence-electron chi connectivity index (χ2n) is 4.47. The van der Waals surface area contributed by atoms with Crippen LogP contribution in [-0.2, 0) is 4.79 Å². The second-order valence-corrected chi connectivity index (χ2v) is 4.47. The highest BCUT2D eigenvalue weighted by molar-refractivity contribution is 5.78. The summed E-state index contributed by atoms with van der Waals surface area (Å²) in [5.41, 5.74) is 0. The van der Waals surface area contributed by atoms with E-state index in [1.807, 2.05) is 0 Å². The molecule has 0 aromatic rings. The van der Waals surface area contributed by atoms with E-state index in [2.05, 4.69) is 19.2 Å². The zero-order chi connectivity index (χ0) is 11.3. The van der Waals surface area contributed by atoms with E-state index in [-0.39, 0.29) is 5.91 Å². The van der Waals surface area contributed by atoms with Gasteiger partial charge >= 0.3 is 0 Å². The Kier molecular flexibility index (Phi) is 5.05. The van der Waals surface area contributed by atoms with Gasteiger partial charge in [0.2, 0.25) is 5.91 Å². The average Bonchev–Trinajstić information content (AvgIpc) is 2.45. The maximum atomic E-state index is 11.4. The first-order chi connectivity index (χ1) is 7.13. The Bertz CT molecular complexity index is 209. The number of aliphatic hydroxyl groups excluding tert-OH is 1. The number of hydrogen-bond acceptors (Lipinski definition) is 3.